The van der Waals surface area contributed by atoms with Gasteiger partial charge in [0.05, 0.1) is 0 Å². The highest BCUT2D eigenvalue weighted by molar-refractivity contribution is 5.92. The number of nitrogen functional groups attached to an aromatic ring is 1. The second-order valence-electron chi connectivity index (χ2n) is 4.88. The van der Waals surface area contributed by atoms with Gasteiger partial charge < -0.3 is 15.8 Å². The number of carbonyl (C=O) groups excluding carboxylic acids is 1. The lowest BCUT2D eigenvalue weighted by atomic mass is 9.96. The van der Waals surface area contributed by atoms with E-state index < -0.39 is 0 Å². The number of ether oxygens (including phenoxy) is 1. The maximum absolute atomic E-state index is 12.0. The molecule has 1 aliphatic rings. The summed E-state index contributed by atoms with van der Waals surface area (Å²) in [6, 6.07) is 5.56. The summed E-state index contributed by atoms with van der Waals surface area (Å²) in [4.78, 5) is 12.0. The van der Waals surface area contributed by atoms with E-state index in [2.05, 4.69) is 5.32 Å². The van der Waals surface area contributed by atoms with Crippen molar-refractivity contribution in [3.8, 4) is 0 Å². The molecule has 1 amide bonds. The predicted molar refractivity (Wildman–Crippen MR) is 72.4 cm³/mol. The average molecular weight is 248 g/mol. The fourth-order valence-corrected chi connectivity index (χ4v) is 2.19. The van der Waals surface area contributed by atoms with Gasteiger partial charge in [-0.25, -0.2) is 0 Å². The van der Waals surface area contributed by atoms with Gasteiger partial charge in [-0.2, -0.15) is 0 Å². The van der Waals surface area contributed by atoms with Gasteiger partial charge in [-0.05, 0) is 43.4 Å². The summed E-state index contributed by atoms with van der Waals surface area (Å²) in [5.41, 5.74) is 8.23. The molecule has 1 heterocycles. The van der Waals surface area contributed by atoms with Crippen LogP contribution in [0.5, 0.6) is 0 Å². The summed E-state index contributed by atoms with van der Waals surface area (Å²) < 4.78 is 5.29. The second kappa shape index (κ2) is 5.87. The minimum absolute atomic E-state index is 0.0654. The van der Waals surface area contributed by atoms with E-state index in [1.807, 2.05) is 19.1 Å². The molecule has 1 fully saturated rings. The predicted octanol–water partition coefficient (Wildman–Crippen LogP) is 2.33. The Balaban J connectivity index is 1.92. The van der Waals surface area contributed by atoms with Crippen molar-refractivity contribution in [3.05, 3.63) is 23.8 Å². The molecule has 1 saturated heterocycles. The van der Waals surface area contributed by atoms with Gasteiger partial charge in [0.25, 0.3) is 0 Å². The lowest BCUT2D eigenvalue weighted by Gasteiger charge is -2.21. The van der Waals surface area contributed by atoms with Crippen molar-refractivity contribution < 1.29 is 9.53 Å². The van der Waals surface area contributed by atoms with Crippen molar-refractivity contribution in [1.82, 2.24) is 0 Å². The van der Waals surface area contributed by atoms with Gasteiger partial charge in [-0.1, -0.05) is 6.07 Å². The number of benzene rings is 1. The van der Waals surface area contributed by atoms with E-state index >= 15 is 0 Å². The monoisotopic (exact) mass is 248 g/mol. The molecule has 0 bridgehead atoms. The minimum atomic E-state index is 0.0654. The van der Waals surface area contributed by atoms with E-state index in [1.165, 1.54) is 0 Å². The van der Waals surface area contributed by atoms with Crippen LogP contribution >= 0.6 is 0 Å². The van der Waals surface area contributed by atoms with Crippen LogP contribution in [0.25, 0.3) is 0 Å². The van der Waals surface area contributed by atoms with E-state index in [0.717, 1.165) is 37.3 Å². The maximum atomic E-state index is 12.0. The molecule has 0 spiro atoms. The lowest BCUT2D eigenvalue weighted by Crippen LogP contribution is -2.22. The summed E-state index contributed by atoms with van der Waals surface area (Å²) in [7, 11) is 0. The van der Waals surface area contributed by atoms with Gasteiger partial charge in [-0.15, -0.1) is 0 Å². The molecule has 98 valence electrons. The minimum Gasteiger partial charge on any atom is -0.399 e. The van der Waals surface area contributed by atoms with Crippen molar-refractivity contribution in [2.75, 3.05) is 24.3 Å². The Morgan fingerprint density at radius 2 is 2.17 bits per heavy atom. The van der Waals surface area contributed by atoms with Crippen molar-refractivity contribution in [3.63, 3.8) is 0 Å². The zero-order chi connectivity index (χ0) is 13.0. The Morgan fingerprint density at radius 1 is 1.44 bits per heavy atom. The number of aryl methyl sites for hydroxylation is 1. The summed E-state index contributed by atoms with van der Waals surface area (Å²) in [6.45, 7) is 3.51. The van der Waals surface area contributed by atoms with Gasteiger partial charge in [0.15, 0.2) is 0 Å². The normalized spacial score (nSPS) is 16.5. The maximum Gasteiger partial charge on any atom is 0.224 e. The van der Waals surface area contributed by atoms with Crippen molar-refractivity contribution >= 4 is 17.3 Å². The summed E-state index contributed by atoms with van der Waals surface area (Å²) in [5, 5.41) is 2.94. The van der Waals surface area contributed by atoms with Crippen LogP contribution in [0.4, 0.5) is 11.4 Å². The third kappa shape index (κ3) is 3.47. The fraction of sp³-hybridized carbons (Fsp3) is 0.500. The molecule has 1 aliphatic heterocycles. The zero-order valence-corrected chi connectivity index (χ0v) is 10.7. The summed E-state index contributed by atoms with van der Waals surface area (Å²) >= 11 is 0. The number of nitrogens with two attached hydrogens (primary N) is 1. The van der Waals surface area contributed by atoms with Crippen LogP contribution in [-0.2, 0) is 9.53 Å². The Morgan fingerprint density at radius 3 is 2.89 bits per heavy atom. The second-order valence-corrected chi connectivity index (χ2v) is 4.88. The molecule has 2 rings (SSSR count). The lowest BCUT2D eigenvalue weighted by molar-refractivity contribution is -0.117. The molecule has 4 nitrogen and oxygen atoms in total. The van der Waals surface area contributed by atoms with Crippen molar-refractivity contribution in [2.24, 2.45) is 5.92 Å². The smallest absolute Gasteiger partial charge is 0.224 e. The van der Waals surface area contributed by atoms with E-state index in [0.29, 0.717) is 18.0 Å². The molecule has 1 aromatic rings. The first-order chi connectivity index (χ1) is 8.65. The quantitative estimate of drug-likeness (QED) is 0.807. The molecule has 0 aliphatic carbocycles. The topological polar surface area (TPSA) is 64.3 Å². The van der Waals surface area contributed by atoms with Crippen molar-refractivity contribution in [2.45, 2.75) is 26.2 Å². The number of rotatable bonds is 3. The van der Waals surface area contributed by atoms with E-state index in [-0.39, 0.29) is 5.91 Å². The van der Waals surface area contributed by atoms with Crippen LogP contribution in [0, 0.1) is 12.8 Å². The number of amides is 1. The molecule has 18 heavy (non-hydrogen) atoms. The van der Waals surface area contributed by atoms with Gasteiger partial charge in [0, 0.05) is 31.0 Å². The largest absolute Gasteiger partial charge is 0.399 e. The highest BCUT2D eigenvalue weighted by Gasteiger charge is 2.17. The molecular formula is C14H20N2O2. The summed E-state index contributed by atoms with van der Waals surface area (Å²) in [6.07, 6.45) is 2.52. The van der Waals surface area contributed by atoms with Gasteiger partial charge in [-0.3, -0.25) is 4.79 Å². The third-order valence-corrected chi connectivity index (χ3v) is 3.35. The van der Waals surface area contributed by atoms with Crippen LogP contribution in [-0.4, -0.2) is 19.1 Å². The molecule has 3 N–H and O–H groups in total. The highest BCUT2D eigenvalue weighted by atomic mass is 16.5. The number of anilines is 2. The molecule has 0 unspecified atom stereocenters. The van der Waals surface area contributed by atoms with Crippen LogP contribution in [0.2, 0.25) is 0 Å². The van der Waals surface area contributed by atoms with E-state index in [4.69, 9.17) is 10.5 Å². The molecule has 1 aromatic carbocycles. The zero-order valence-electron chi connectivity index (χ0n) is 10.7. The van der Waals surface area contributed by atoms with Crippen LogP contribution in [0.1, 0.15) is 24.8 Å². The van der Waals surface area contributed by atoms with Crippen molar-refractivity contribution in [1.29, 1.82) is 0 Å². The van der Waals surface area contributed by atoms with Gasteiger partial charge >= 0.3 is 0 Å². The molecule has 0 aromatic heterocycles. The number of hydrogen-bond donors (Lipinski definition) is 2. The van der Waals surface area contributed by atoms with Crippen LogP contribution < -0.4 is 11.1 Å². The van der Waals surface area contributed by atoms with Gasteiger partial charge in [0.2, 0.25) is 5.91 Å². The highest BCUT2D eigenvalue weighted by Crippen LogP contribution is 2.21. The number of hydrogen-bond acceptors (Lipinski definition) is 3. The van der Waals surface area contributed by atoms with Gasteiger partial charge in [0.1, 0.15) is 0 Å². The molecule has 0 saturated carbocycles. The standard InChI is InChI=1S/C14H20N2O2/c1-10-2-3-12(15)9-13(10)16-14(17)8-11-4-6-18-7-5-11/h2-3,9,11H,4-8,15H2,1H3,(H,16,17). The van der Waals surface area contributed by atoms with Crippen LogP contribution in [0.3, 0.4) is 0 Å². The Kier molecular flexibility index (Phi) is 4.20. The Labute approximate surface area is 108 Å². The number of nitrogens with one attached hydrogen (secondary N) is 1. The molecule has 0 radical (unpaired) electrons. The first kappa shape index (κ1) is 12.9. The average Bonchev–Trinajstić information content (AvgIpc) is 2.35. The van der Waals surface area contributed by atoms with E-state index in [9.17, 15) is 4.79 Å². The first-order valence-corrected chi connectivity index (χ1v) is 6.39. The Hall–Kier alpha value is -1.55. The summed E-state index contributed by atoms with van der Waals surface area (Å²) in [5.74, 6) is 0.510. The first-order valence-electron chi connectivity index (χ1n) is 6.39. The fourth-order valence-electron chi connectivity index (χ4n) is 2.19. The van der Waals surface area contributed by atoms with Crippen LogP contribution in [0.15, 0.2) is 18.2 Å². The molecule has 4 heteroatoms. The molecular weight excluding hydrogens is 228 g/mol. The third-order valence-electron chi connectivity index (χ3n) is 3.35. The number of carbonyl (C=O) groups is 1. The van der Waals surface area contributed by atoms with E-state index in [1.54, 1.807) is 6.07 Å². The SMILES string of the molecule is Cc1ccc(N)cc1NC(=O)CC1CCOCC1. The Bertz CT molecular complexity index is 426. The molecule has 0 atom stereocenters.